The van der Waals surface area contributed by atoms with Crippen molar-refractivity contribution in [1.29, 1.82) is 0 Å². The van der Waals surface area contributed by atoms with Crippen LogP contribution in [0.5, 0.6) is 0 Å². The van der Waals surface area contributed by atoms with Crippen molar-refractivity contribution < 1.29 is 13.6 Å². The molecule has 0 unspecified atom stereocenters. The summed E-state index contributed by atoms with van der Waals surface area (Å²) in [7, 11) is -1.90. The maximum Gasteiger partial charge on any atom is 0.228 e. The molecule has 0 radical (unpaired) electrons. The molecule has 3 heterocycles. The van der Waals surface area contributed by atoms with Crippen LogP contribution in [0.1, 0.15) is 46.5 Å². The molecule has 1 saturated heterocycles. The highest BCUT2D eigenvalue weighted by Gasteiger charge is 2.40. The van der Waals surface area contributed by atoms with Gasteiger partial charge >= 0.3 is 0 Å². The lowest BCUT2D eigenvalue weighted by molar-refractivity contribution is -0.124. The van der Waals surface area contributed by atoms with Crippen molar-refractivity contribution in [3.05, 3.63) is 47.5 Å². The van der Waals surface area contributed by atoms with E-state index in [1.807, 2.05) is 0 Å². The van der Waals surface area contributed by atoms with Crippen LogP contribution in [0.3, 0.4) is 0 Å². The van der Waals surface area contributed by atoms with Crippen LogP contribution >= 0.6 is 23.4 Å². The van der Waals surface area contributed by atoms with Crippen LogP contribution in [0.25, 0.3) is 11.3 Å². The zero-order chi connectivity index (χ0) is 34.1. The standard InChI is InChI=1S/C34H46ClFN8O2SSi/c1-34(2,3)48(4,5)46-14-15-47-33-29(19-28(41-42-33)26-18-23(35)6-9-27(26)36)39-30-20-31(38-21-37-30)40-32(45)22-16-25(17-22)44-12-10-43(11-13-44)24-7-8-24/h6,9,18-22,24-25H,7-8,10-17H2,1-5H3,(H2,37,38,39,40,41,45). The zero-order valence-corrected chi connectivity index (χ0v) is 31.0. The number of hydrogen-bond acceptors (Lipinski definition) is 10. The number of hydrogen-bond donors (Lipinski definition) is 2. The first-order valence-electron chi connectivity index (χ1n) is 16.8. The fourth-order valence-electron chi connectivity index (χ4n) is 5.92. The van der Waals surface area contributed by atoms with Crippen molar-refractivity contribution in [1.82, 2.24) is 30.0 Å². The number of rotatable bonds is 12. The molecular formula is C34H46ClFN8O2SSi. The molecule has 0 bridgehead atoms. The first-order chi connectivity index (χ1) is 22.9. The molecular weight excluding hydrogens is 667 g/mol. The first kappa shape index (κ1) is 35.2. The Morgan fingerprint density at radius 2 is 1.71 bits per heavy atom. The minimum Gasteiger partial charge on any atom is -0.416 e. The molecule has 2 aliphatic carbocycles. The monoisotopic (exact) mass is 712 g/mol. The number of carbonyl (C=O) groups excluding carboxylic acids is 1. The van der Waals surface area contributed by atoms with Gasteiger partial charge in [0.05, 0.1) is 11.4 Å². The molecule has 10 nitrogen and oxygen atoms in total. The normalized spacial score (nSPS) is 20.7. The third-order valence-electron chi connectivity index (χ3n) is 10.1. The Balaban J connectivity index is 1.10. The third-order valence-corrected chi connectivity index (χ3v) is 15.9. The van der Waals surface area contributed by atoms with E-state index in [4.69, 9.17) is 16.0 Å². The average Bonchev–Trinajstić information content (AvgIpc) is 3.86. The summed E-state index contributed by atoms with van der Waals surface area (Å²) < 4.78 is 21.1. The Morgan fingerprint density at radius 1 is 1.02 bits per heavy atom. The Bertz CT molecular complexity index is 1610. The van der Waals surface area contributed by atoms with Crippen molar-refractivity contribution in [3.63, 3.8) is 0 Å². The number of aromatic nitrogens is 4. The van der Waals surface area contributed by atoms with Gasteiger partial charge in [-0.25, -0.2) is 14.4 Å². The first-order valence-corrected chi connectivity index (χ1v) is 21.1. The summed E-state index contributed by atoms with van der Waals surface area (Å²) in [4.78, 5) is 27.0. The summed E-state index contributed by atoms with van der Waals surface area (Å²) >= 11 is 7.68. The summed E-state index contributed by atoms with van der Waals surface area (Å²) in [6.07, 6.45) is 5.85. The highest BCUT2D eigenvalue weighted by atomic mass is 35.5. The summed E-state index contributed by atoms with van der Waals surface area (Å²) in [6.45, 7) is 16.1. The van der Waals surface area contributed by atoms with Gasteiger partial charge in [0.25, 0.3) is 0 Å². The number of amides is 1. The maximum absolute atomic E-state index is 14.8. The zero-order valence-electron chi connectivity index (χ0n) is 28.4. The van der Waals surface area contributed by atoms with Crippen molar-refractivity contribution in [2.24, 2.45) is 5.92 Å². The Hall–Kier alpha value is -2.68. The van der Waals surface area contributed by atoms with Crippen LogP contribution in [0.2, 0.25) is 23.2 Å². The molecule has 1 aliphatic heterocycles. The molecule has 14 heteroatoms. The second-order valence-electron chi connectivity index (χ2n) is 14.6. The molecule has 2 N–H and O–H groups in total. The Morgan fingerprint density at radius 3 is 2.40 bits per heavy atom. The highest BCUT2D eigenvalue weighted by molar-refractivity contribution is 7.99. The van der Waals surface area contributed by atoms with Gasteiger partial charge in [-0.1, -0.05) is 32.4 Å². The van der Waals surface area contributed by atoms with Crippen LogP contribution < -0.4 is 10.6 Å². The van der Waals surface area contributed by atoms with Gasteiger partial charge in [-0.2, -0.15) is 0 Å². The van der Waals surface area contributed by atoms with Crippen LogP contribution in [0, 0.1) is 11.7 Å². The number of thioether (sulfide) groups is 1. The predicted octanol–water partition coefficient (Wildman–Crippen LogP) is 7.08. The van der Waals surface area contributed by atoms with E-state index in [0.717, 1.165) is 45.1 Å². The molecule has 2 aromatic heterocycles. The third kappa shape index (κ3) is 8.54. The topological polar surface area (TPSA) is 108 Å². The minimum absolute atomic E-state index is 0.0187. The van der Waals surface area contributed by atoms with Crippen molar-refractivity contribution >= 4 is 54.9 Å². The van der Waals surface area contributed by atoms with Gasteiger partial charge in [0, 0.05) is 73.2 Å². The maximum atomic E-state index is 14.8. The molecule has 1 aromatic carbocycles. The molecule has 1 amide bonds. The lowest BCUT2D eigenvalue weighted by Gasteiger charge is -2.46. The van der Waals surface area contributed by atoms with Crippen molar-refractivity contribution in [2.75, 3.05) is 49.2 Å². The molecule has 0 atom stereocenters. The second-order valence-corrected chi connectivity index (χ2v) is 20.9. The number of carbonyl (C=O) groups is 1. The van der Waals surface area contributed by atoms with Gasteiger partial charge in [0.15, 0.2) is 8.32 Å². The number of piperazine rings is 1. The molecule has 3 aliphatic rings. The van der Waals surface area contributed by atoms with E-state index in [9.17, 15) is 9.18 Å². The second kappa shape index (κ2) is 14.7. The smallest absolute Gasteiger partial charge is 0.228 e. The van der Waals surface area contributed by atoms with E-state index in [1.165, 1.54) is 49.1 Å². The van der Waals surface area contributed by atoms with E-state index in [0.29, 0.717) is 51.5 Å². The number of anilines is 3. The molecule has 3 fully saturated rings. The number of benzene rings is 1. The molecule has 3 aromatic rings. The average molecular weight is 713 g/mol. The van der Waals surface area contributed by atoms with Crippen molar-refractivity contribution in [2.45, 2.75) is 81.7 Å². The molecule has 258 valence electrons. The molecule has 48 heavy (non-hydrogen) atoms. The summed E-state index contributed by atoms with van der Waals surface area (Å²) in [5.41, 5.74) is 1.17. The Labute approximate surface area is 293 Å². The van der Waals surface area contributed by atoms with Crippen LogP contribution in [-0.2, 0) is 9.22 Å². The lowest BCUT2D eigenvalue weighted by Crippen LogP contribution is -2.55. The van der Waals surface area contributed by atoms with Gasteiger partial charge in [0.2, 0.25) is 5.91 Å². The van der Waals surface area contributed by atoms with Crippen LogP contribution in [0.15, 0.2) is 41.7 Å². The summed E-state index contributed by atoms with van der Waals surface area (Å²) in [5.74, 6) is 1.04. The highest BCUT2D eigenvalue weighted by Crippen LogP contribution is 2.38. The van der Waals surface area contributed by atoms with E-state index < -0.39 is 14.1 Å². The van der Waals surface area contributed by atoms with Crippen molar-refractivity contribution in [3.8, 4) is 11.3 Å². The molecule has 0 spiro atoms. The van der Waals surface area contributed by atoms with Gasteiger partial charge in [0.1, 0.15) is 28.8 Å². The largest absolute Gasteiger partial charge is 0.416 e. The number of nitrogens with zero attached hydrogens (tertiary/aromatic N) is 6. The number of nitrogens with one attached hydrogen (secondary N) is 2. The summed E-state index contributed by atoms with van der Waals surface area (Å²) in [5, 5.41) is 16.2. The number of halogens is 2. The predicted molar refractivity (Wildman–Crippen MR) is 193 cm³/mol. The minimum atomic E-state index is -1.90. The molecule has 2 saturated carbocycles. The summed E-state index contributed by atoms with van der Waals surface area (Å²) in [6, 6.07) is 9.06. The SMILES string of the molecule is CC(C)(C)[Si](C)(C)OCCSc1nnc(-c2cc(Cl)ccc2F)cc1Nc1cc(NC(=O)C2CC(N3CCN(C4CC4)CC3)C2)ncn1. The van der Waals surface area contributed by atoms with Gasteiger partial charge in [-0.05, 0) is 68.1 Å². The van der Waals surface area contributed by atoms with E-state index >= 15 is 0 Å². The van der Waals surface area contributed by atoms with Gasteiger partial charge in [-0.15, -0.1) is 22.0 Å². The van der Waals surface area contributed by atoms with Crippen LogP contribution in [0.4, 0.5) is 21.7 Å². The lowest BCUT2D eigenvalue weighted by atomic mass is 9.78. The van der Waals surface area contributed by atoms with E-state index in [1.54, 1.807) is 12.1 Å². The molecule has 6 rings (SSSR count). The van der Waals surface area contributed by atoms with Gasteiger partial charge in [-0.3, -0.25) is 14.6 Å². The van der Waals surface area contributed by atoms with Gasteiger partial charge < -0.3 is 15.1 Å². The van der Waals surface area contributed by atoms with Crippen LogP contribution in [-0.4, -0.2) is 94.8 Å². The van der Waals surface area contributed by atoms with E-state index in [2.05, 4.69) is 74.5 Å². The Kier molecular flexibility index (Phi) is 10.7. The van der Waals surface area contributed by atoms with E-state index in [-0.39, 0.29) is 22.4 Å². The quantitative estimate of drug-likeness (QED) is 0.115. The fraction of sp³-hybridized carbons (Fsp3) is 0.559. The fourth-order valence-corrected chi connectivity index (χ4v) is 8.01.